The minimum Gasteiger partial charge on any atom is -0.504 e. The molecule has 0 heterocycles. The summed E-state index contributed by atoms with van der Waals surface area (Å²) in [7, 11) is 0. The van der Waals surface area contributed by atoms with Gasteiger partial charge in [-0.25, -0.2) is 0 Å². The Morgan fingerprint density at radius 1 is 0.720 bits per heavy atom. The Labute approximate surface area is 155 Å². The number of benzene rings is 1. The van der Waals surface area contributed by atoms with Crippen LogP contribution in [0.2, 0.25) is 0 Å². The zero-order valence-electron chi connectivity index (χ0n) is 16.2. The molecule has 2 heteroatoms. The second-order valence-corrected chi connectivity index (χ2v) is 7.12. The summed E-state index contributed by atoms with van der Waals surface area (Å²) in [5.74, 6) is 0.0447. The zero-order valence-corrected chi connectivity index (χ0v) is 16.2. The number of allylic oxidation sites excluding steroid dienone is 2. The molecule has 142 valence electrons. The van der Waals surface area contributed by atoms with Crippen molar-refractivity contribution >= 4 is 0 Å². The van der Waals surface area contributed by atoms with Crippen LogP contribution in [0.1, 0.15) is 96.0 Å². The van der Waals surface area contributed by atoms with Gasteiger partial charge in [-0.2, -0.15) is 0 Å². The van der Waals surface area contributed by atoms with Crippen molar-refractivity contribution in [2.24, 2.45) is 0 Å². The Kier molecular flexibility index (Phi) is 12.8. The molecular weight excluding hydrogens is 308 g/mol. The highest BCUT2D eigenvalue weighted by atomic mass is 16.3. The van der Waals surface area contributed by atoms with Gasteiger partial charge in [0, 0.05) is 0 Å². The van der Waals surface area contributed by atoms with Crippen molar-refractivity contribution < 1.29 is 10.2 Å². The van der Waals surface area contributed by atoms with Crippen LogP contribution in [-0.2, 0) is 6.42 Å². The van der Waals surface area contributed by atoms with E-state index in [1.165, 1.54) is 83.1 Å². The summed E-state index contributed by atoms with van der Waals surface area (Å²) in [4.78, 5) is 0. The van der Waals surface area contributed by atoms with Crippen molar-refractivity contribution in [2.45, 2.75) is 96.8 Å². The van der Waals surface area contributed by atoms with Crippen molar-refractivity contribution in [1.29, 1.82) is 0 Å². The van der Waals surface area contributed by atoms with Crippen LogP contribution in [0.5, 0.6) is 11.5 Å². The Hall–Kier alpha value is -1.44. The Morgan fingerprint density at radius 3 is 1.92 bits per heavy atom. The fraction of sp³-hybridized carbons (Fsp3) is 0.652. The van der Waals surface area contributed by atoms with Crippen molar-refractivity contribution in [1.82, 2.24) is 0 Å². The van der Waals surface area contributed by atoms with E-state index in [1.54, 1.807) is 6.07 Å². The highest BCUT2D eigenvalue weighted by Gasteiger charge is 2.04. The Morgan fingerprint density at radius 2 is 1.28 bits per heavy atom. The van der Waals surface area contributed by atoms with Gasteiger partial charge in [-0.15, -0.1) is 0 Å². The van der Waals surface area contributed by atoms with Crippen LogP contribution in [0, 0.1) is 0 Å². The normalized spacial score (nSPS) is 11.4. The summed E-state index contributed by atoms with van der Waals surface area (Å²) in [6, 6.07) is 5.21. The van der Waals surface area contributed by atoms with E-state index in [4.69, 9.17) is 0 Å². The lowest BCUT2D eigenvalue weighted by molar-refractivity contribution is 0.398. The third kappa shape index (κ3) is 10.9. The molecule has 0 amide bonds. The summed E-state index contributed by atoms with van der Waals surface area (Å²) in [5.41, 5.74) is 0.859. The van der Waals surface area contributed by atoms with Crippen LogP contribution in [0.25, 0.3) is 0 Å². The zero-order chi connectivity index (χ0) is 18.2. The summed E-state index contributed by atoms with van der Waals surface area (Å²) in [5, 5.41) is 19.2. The van der Waals surface area contributed by atoms with E-state index < -0.39 is 0 Å². The fourth-order valence-corrected chi connectivity index (χ4v) is 3.17. The van der Waals surface area contributed by atoms with E-state index in [1.807, 2.05) is 6.07 Å². The van der Waals surface area contributed by atoms with E-state index in [0.29, 0.717) is 0 Å². The smallest absolute Gasteiger partial charge is 0.160 e. The first-order valence-corrected chi connectivity index (χ1v) is 10.4. The molecule has 1 rings (SSSR count). The third-order valence-corrected chi connectivity index (χ3v) is 4.81. The second-order valence-electron chi connectivity index (χ2n) is 7.12. The van der Waals surface area contributed by atoms with E-state index in [0.717, 1.165) is 18.4 Å². The van der Waals surface area contributed by atoms with Gasteiger partial charge in [-0.1, -0.05) is 82.6 Å². The molecular formula is C23H38O2. The summed E-state index contributed by atoms with van der Waals surface area (Å²) in [6.07, 6.45) is 22.4. The van der Waals surface area contributed by atoms with E-state index in [9.17, 15) is 10.2 Å². The van der Waals surface area contributed by atoms with Gasteiger partial charge >= 0.3 is 0 Å². The van der Waals surface area contributed by atoms with Gasteiger partial charge in [0.2, 0.25) is 0 Å². The van der Waals surface area contributed by atoms with Gasteiger partial charge in [-0.05, 0) is 50.2 Å². The minimum absolute atomic E-state index is 0.00903. The fourth-order valence-electron chi connectivity index (χ4n) is 3.17. The maximum atomic E-state index is 9.76. The standard InChI is InChI=1S/C23H38O2/c1-2-3-4-5-6-7-8-9-10-11-12-13-14-15-16-18-21-19-17-20-22(24)23(21)25/h9-10,17,19-20,24-25H,2-8,11-16,18H2,1H3. The molecule has 0 aliphatic carbocycles. The number of para-hydroxylation sites is 1. The van der Waals surface area contributed by atoms with E-state index in [2.05, 4.69) is 19.1 Å². The molecule has 1 aromatic carbocycles. The van der Waals surface area contributed by atoms with Gasteiger partial charge in [0.05, 0.1) is 0 Å². The monoisotopic (exact) mass is 346 g/mol. The molecule has 0 saturated heterocycles. The van der Waals surface area contributed by atoms with Crippen molar-refractivity contribution in [3.8, 4) is 11.5 Å². The van der Waals surface area contributed by atoms with Gasteiger partial charge in [0.15, 0.2) is 11.5 Å². The topological polar surface area (TPSA) is 40.5 Å². The van der Waals surface area contributed by atoms with E-state index in [-0.39, 0.29) is 11.5 Å². The molecule has 2 N–H and O–H groups in total. The first-order chi connectivity index (χ1) is 12.3. The molecule has 25 heavy (non-hydrogen) atoms. The average molecular weight is 347 g/mol. The lowest BCUT2D eigenvalue weighted by Crippen LogP contribution is -1.87. The van der Waals surface area contributed by atoms with Crippen LogP contribution in [0.15, 0.2) is 30.4 Å². The molecule has 0 aliphatic heterocycles. The van der Waals surface area contributed by atoms with Gasteiger partial charge in [-0.3, -0.25) is 0 Å². The first kappa shape index (κ1) is 21.6. The molecule has 2 nitrogen and oxygen atoms in total. The van der Waals surface area contributed by atoms with Crippen LogP contribution in [0.3, 0.4) is 0 Å². The first-order valence-electron chi connectivity index (χ1n) is 10.4. The predicted octanol–water partition coefficient (Wildman–Crippen LogP) is 7.29. The van der Waals surface area contributed by atoms with Crippen LogP contribution >= 0.6 is 0 Å². The summed E-state index contributed by atoms with van der Waals surface area (Å²) in [6.45, 7) is 2.27. The van der Waals surface area contributed by atoms with Gasteiger partial charge in [0.1, 0.15) is 0 Å². The molecule has 0 aromatic heterocycles. The summed E-state index contributed by atoms with van der Waals surface area (Å²) < 4.78 is 0. The number of hydrogen-bond acceptors (Lipinski definition) is 2. The van der Waals surface area contributed by atoms with Crippen LogP contribution in [-0.4, -0.2) is 10.2 Å². The molecule has 0 radical (unpaired) electrons. The number of aromatic hydroxyl groups is 2. The lowest BCUT2D eigenvalue weighted by Gasteiger charge is -2.05. The lowest BCUT2D eigenvalue weighted by atomic mass is 10.0. The number of rotatable bonds is 15. The van der Waals surface area contributed by atoms with Crippen LogP contribution < -0.4 is 0 Å². The second kappa shape index (κ2) is 14.9. The molecule has 0 spiro atoms. The third-order valence-electron chi connectivity index (χ3n) is 4.81. The summed E-state index contributed by atoms with van der Waals surface area (Å²) >= 11 is 0. The Balaban J connectivity index is 1.89. The molecule has 0 atom stereocenters. The largest absolute Gasteiger partial charge is 0.504 e. The highest BCUT2D eigenvalue weighted by Crippen LogP contribution is 2.29. The SMILES string of the molecule is CCCCCCCCC=CCCCCCCCc1cccc(O)c1O. The van der Waals surface area contributed by atoms with Crippen LogP contribution in [0.4, 0.5) is 0 Å². The number of unbranched alkanes of at least 4 members (excludes halogenated alkanes) is 11. The van der Waals surface area contributed by atoms with Crippen molar-refractivity contribution in [3.05, 3.63) is 35.9 Å². The molecule has 0 unspecified atom stereocenters. The molecule has 0 fully saturated rings. The maximum absolute atomic E-state index is 9.76. The van der Waals surface area contributed by atoms with Gasteiger partial charge < -0.3 is 10.2 Å². The van der Waals surface area contributed by atoms with Crippen molar-refractivity contribution in [3.63, 3.8) is 0 Å². The molecule has 0 saturated carbocycles. The highest BCUT2D eigenvalue weighted by molar-refractivity contribution is 5.44. The number of phenols is 2. The minimum atomic E-state index is -0.00903. The Bertz CT molecular complexity index is 465. The molecule has 1 aromatic rings. The van der Waals surface area contributed by atoms with E-state index >= 15 is 0 Å². The number of phenolic OH excluding ortho intramolecular Hbond substituents is 2. The maximum Gasteiger partial charge on any atom is 0.160 e. The van der Waals surface area contributed by atoms with Gasteiger partial charge in [0.25, 0.3) is 0 Å². The predicted molar refractivity (Wildman–Crippen MR) is 108 cm³/mol. The molecule has 0 bridgehead atoms. The number of hydrogen-bond donors (Lipinski definition) is 2. The van der Waals surface area contributed by atoms with Crippen molar-refractivity contribution in [2.75, 3.05) is 0 Å². The average Bonchev–Trinajstić information content (AvgIpc) is 2.61. The quantitative estimate of drug-likeness (QED) is 0.199. The number of aryl methyl sites for hydroxylation is 1. The molecule has 0 aliphatic rings.